The van der Waals surface area contributed by atoms with Crippen molar-refractivity contribution in [1.82, 2.24) is 0 Å². The van der Waals surface area contributed by atoms with E-state index in [1.54, 1.807) is 0 Å². The molecule has 5 nitrogen and oxygen atoms in total. The van der Waals surface area contributed by atoms with Crippen molar-refractivity contribution < 1.29 is 24.5 Å². The van der Waals surface area contributed by atoms with Crippen LogP contribution in [0, 0.1) is 23.7 Å². The number of hydrogen-bond donors (Lipinski definition) is 2. The van der Waals surface area contributed by atoms with Crippen molar-refractivity contribution in [3.63, 3.8) is 0 Å². The van der Waals surface area contributed by atoms with E-state index in [1.165, 1.54) is 20.0 Å². The van der Waals surface area contributed by atoms with Crippen LogP contribution in [0.4, 0.5) is 0 Å². The Kier molecular flexibility index (Phi) is 6.90. The largest absolute Gasteiger partial charge is 0.467 e. The van der Waals surface area contributed by atoms with Gasteiger partial charge in [0.1, 0.15) is 6.61 Å². The number of ether oxygens (including phenoxy) is 2. The number of esters is 1. The molecular formula is C22H32O5. The van der Waals surface area contributed by atoms with Crippen molar-refractivity contribution in [2.75, 3.05) is 20.3 Å². The molecular weight excluding hydrogens is 344 g/mol. The molecule has 0 spiro atoms. The molecule has 150 valence electrons. The lowest BCUT2D eigenvalue weighted by atomic mass is 9.87. The van der Waals surface area contributed by atoms with Gasteiger partial charge in [-0.1, -0.05) is 37.6 Å². The molecule has 0 bridgehead atoms. The number of aliphatic hydroxyl groups is 2. The Labute approximate surface area is 161 Å². The summed E-state index contributed by atoms with van der Waals surface area (Å²) in [7, 11) is 1.34. The minimum Gasteiger partial charge on any atom is -0.467 e. The van der Waals surface area contributed by atoms with E-state index in [4.69, 9.17) is 4.74 Å². The van der Waals surface area contributed by atoms with E-state index in [0.717, 1.165) is 36.8 Å². The van der Waals surface area contributed by atoms with E-state index >= 15 is 0 Å². The Hall–Kier alpha value is -1.43. The first-order valence-electron chi connectivity index (χ1n) is 10.1. The summed E-state index contributed by atoms with van der Waals surface area (Å²) in [5.74, 6) is 0.738. The Bertz CT molecular complexity index is 602. The van der Waals surface area contributed by atoms with Crippen LogP contribution in [0.15, 0.2) is 36.0 Å². The van der Waals surface area contributed by atoms with Gasteiger partial charge in [-0.15, -0.1) is 0 Å². The van der Waals surface area contributed by atoms with Gasteiger partial charge in [0.15, 0.2) is 0 Å². The van der Waals surface area contributed by atoms with Crippen LogP contribution in [0.1, 0.15) is 38.5 Å². The van der Waals surface area contributed by atoms with Gasteiger partial charge in [-0.2, -0.15) is 0 Å². The highest BCUT2D eigenvalue weighted by atomic mass is 16.6. The summed E-state index contributed by atoms with van der Waals surface area (Å²) in [6, 6.07) is 0. The van der Waals surface area contributed by atoms with Crippen LogP contribution < -0.4 is 0 Å². The molecule has 2 N–H and O–H groups in total. The molecule has 5 atom stereocenters. The fraction of sp³-hybridized carbons (Fsp3) is 0.682. The van der Waals surface area contributed by atoms with Crippen LogP contribution >= 0.6 is 0 Å². The quantitative estimate of drug-likeness (QED) is 0.503. The maximum Gasteiger partial charge on any atom is 0.331 e. The highest BCUT2D eigenvalue weighted by Crippen LogP contribution is 2.48. The van der Waals surface area contributed by atoms with E-state index in [-0.39, 0.29) is 18.6 Å². The topological polar surface area (TPSA) is 76.0 Å². The molecule has 0 amide bonds. The van der Waals surface area contributed by atoms with Crippen LogP contribution in [-0.4, -0.2) is 48.7 Å². The van der Waals surface area contributed by atoms with Crippen molar-refractivity contribution in [2.24, 2.45) is 23.7 Å². The van der Waals surface area contributed by atoms with Crippen LogP contribution in [0.5, 0.6) is 0 Å². The van der Waals surface area contributed by atoms with Gasteiger partial charge in [0.25, 0.3) is 0 Å². The number of carbonyl (C=O) groups excluding carboxylic acids is 1. The molecule has 2 saturated carbocycles. The average molecular weight is 376 g/mol. The zero-order chi connectivity index (χ0) is 19.4. The van der Waals surface area contributed by atoms with E-state index in [2.05, 4.69) is 17.4 Å². The second-order valence-electron chi connectivity index (χ2n) is 8.20. The van der Waals surface area contributed by atoms with Crippen molar-refractivity contribution in [2.45, 2.75) is 50.7 Å². The number of allylic oxidation sites excluding steroid dienone is 1. The highest BCUT2D eigenvalue weighted by molar-refractivity contribution is 5.70. The predicted molar refractivity (Wildman–Crippen MR) is 103 cm³/mol. The van der Waals surface area contributed by atoms with Crippen LogP contribution in [0.25, 0.3) is 0 Å². The fourth-order valence-electron chi connectivity index (χ4n) is 4.88. The Morgan fingerprint density at radius 2 is 2.11 bits per heavy atom. The molecule has 0 radical (unpaired) electrons. The molecule has 5 heteroatoms. The second-order valence-corrected chi connectivity index (χ2v) is 8.20. The molecule has 0 aromatic carbocycles. The number of fused-ring (bicyclic) bond motifs is 1. The van der Waals surface area contributed by atoms with Crippen molar-refractivity contribution in [3.05, 3.63) is 36.0 Å². The number of hydrogen-bond acceptors (Lipinski definition) is 5. The van der Waals surface area contributed by atoms with Crippen LogP contribution in [-0.2, 0) is 14.3 Å². The summed E-state index contributed by atoms with van der Waals surface area (Å²) >= 11 is 0. The van der Waals surface area contributed by atoms with E-state index in [0.29, 0.717) is 24.4 Å². The summed E-state index contributed by atoms with van der Waals surface area (Å²) in [6.07, 6.45) is 11.6. The monoisotopic (exact) mass is 376 g/mol. The Morgan fingerprint density at radius 3 is 2.81 bits per heavy atom. The molecule has 0 unspecified atom stereocenters. The number of aliphatic hydroxyl groups excluding tert-OH is 2. The number of methoxy groups -OCH3 is 1. The van der Waals surface area contributed by atoms with Crippen molar-refractivity contribution >= 4 is 5.97 Å². The molecule has 0 aromatic heterocycles. The first-order chi connectivity index (χ1) is 13.0. The summed E-state index contributed by atoms with van der Waals surface area (Å²) < 4.78 is 9.92. The third kappa shape index (κ3) is 4.89. The molecule has 0 saturated heterocycles. The lowest BCUT2D eigenvalue weighted by Gasteiger charge is -2.20. The molecule has 0 heterocycles. The van der Waals surface area contributed by atoms with E-state index in [1.807, 2.05) is 12.2 Å². The minimum atomic E-state index is -0.394. The van der Waals surface area contributed by atoms with Gasteiger partial charge in [0.05, 0.1) is 25.9 Å². The zero-order valence-corrected chi connectivity index (χ0v) is 16.2. The molecule has 27 heavy (non-hydrogen) atoms. The van der Waals surface area contributed by atoms with Crippen molar-refractivity contribution in [1.29, 1.82) is 0 Å². The standard InChI is InChI=1S/C22H32O5/c1-14(12-27-13-22(25)26-2)16-9-17-11-21(24)18(19(17)10-16)7-8-20(23)15-5-3-4-6-15/h7-9,15,17-21,23-24H,1,3-6,10-13H2,2H3/b8-7+/t17-,18+,19-,20+,21+/m0/s1. The third-order valence-electron chi connectivity index (χ3n) is 6.46. The van der Waals surface area contributed by atoms with Gasteiger partial charge in [0, 0.05) is 5.92 Å². The number of carbonyl (C=O) groups is 1. The third-order valence-corrected chi connectivity index (χ3v) is 6.46. The normalized spacial score (nSPS) is 31.9. The van der Waals surface area contributed by atoms with Crippen LogP contribution in [0.2, 0.25) is 0 Å². The molecule has 2 fully saturated rings. The minimum absolute atomic E-state index is 0.0706. The van der Waals surface area contributed by atoms with Gasteiger partial charge < -0.3 is 19.7 Å². The molecule has 3 aliphatic rings. The lowest BCUT2D eigenvalue weighted by Crippen LogP contribution is -2.20. The maximum absolute atomic E-state index is 11.1. The van der Waals surface area contributed by atoms with Gasteiger partial charge in [-0.25, -0.2) is 4.79 Å². The summed E-state index contributed by atoms with van der Waals surface area (Å²) in [4.78, 5) is 11.1. The SMILES string of the molecule is C=C(COCC(=O)OC)C1=C[C@H]2C[C@@H](O)[C@H](/C=C/[C@@H](O)C3CCCC3)[C@H]2C1. The predicted octanol–water partition coefficient (Wildman–Crippen LogP) is 2.78. The summed E-state index contributed by atoms with van der Waals surface area (Å²) in [6.45, 7) is 4.33. The Balaban J connectivity index is 1.53. The summed E-state index contributed by atoms with van der Waals surface area (Å²) in [5, 5.41) is 20.9. The lowest BCUT2D eigenvalue weighted by molar-refractivity contribution is -0.145. The summed E-state index contributed by atoms with van der Waals surface area (Å²) in [5.41, 5.74) is 2.05. The van der Waals surface area contributed by atoms with Gasteiger partial charge in [0.2, 0.25) is 0 Å². The molecule has 3 rings (SSSR count). The fourth-order valence-corrected chi connectivity index (χ4v) is 4.88. The van der Waals surface area contributed by atoms with Crippen molar-refractivity contribution in [3.8, 4) is 0 Å². The first-order valence-corrected chi connectivity index (χ1v) is 10.1. The van der Waals surface area contributed by atoms with Gasteiger partial charge >= 0.3 is 5.97 Å². The van der Waals surface area contributed by atoms with E-state index < -0.39 is 12.1 Å². The highest BCUT2D eigenvalue weighted by Gasteiger charge is 2.43. The van der Waals surface area contributed by atoms with Crippen LogP contribution in [0.3, 0.4) is 0 Å². The molecule has 0 aliphatic heterocycles. The smallest absolute Gasteiger partial charge is 0.331 e. The number of rotatable bonds is 8. The van der Waals surface area contributed by atoms with Gasteiger partial charge in [-0.05, 0) is 54.6 Å². The average Bonchev–Trinajstić information content (AvgIpc) is 3.36. The second kappa shape index (κ2) is 9.18. The maximum atomic E-state index is 11.1. The van der Waals surface area contributed by atoms with Gasteiger partial charge in [-0.3, -0.25) is 0 Å². The van der Waals surface area contributed by atoms with E-state index in [9.17, 15) is 15.0 Å². The Morgan fingerprint density at radius 1 is 1.37 bits per heavy atom. The molecule has 3 aliphatic carbocycles. The molecule has 0 aromatic rings. The zero-order valence-electron chi connectivity index (χ0n) is 16.2. The first kappa shape index (κ1) is 20.3.